The average Bonchev–Trinajstić information content (AvgIpc) is 3.42. The third-order valence-electron chi connectivity index (χ3n) is 7.95. The highest BCUT2D eigenvalue weighted by Crippen LogP contribution is 2.41. The van der Waals surface area contributed by atoms with Gasteiger partial charge in [0.05, 0.1) is 27.8 Å². The molecule has 1 saturated heterocycles. The number of rotatable bonds is 2. The van der Waals surface area contributed by atoms with Crippen LogP contribution in [-0.2, 0) is 9.31 Å². The fourth-order valence-electron chi connectivity index (χ4n) is 5.45. The number of nitrogens with zero attached hydrogens (tertiary/aromatic N) is 1. The second-order valence-electron chi connectivity index (χ2n) is 10.5. The summed E-state index contributed by atoms with van der Waals surface area (Å²) in [6, 6.07) is 30.6. The summed E-state index contributed by atoms with van der Waals surface area (Å²) in [4.78, 5) is 0. The van der Waals surface area contributed by atoms with Crippen molar-refractivity contribution in [2.45, 2.75) is 38.9 Å². The topological polar surface area (TPSA) is 22.9 Å². The maximum Gasteiger partial charge on any atom is 0.494 e. The van der Waals surface area contributed by atoms with Gasteiger partial charge >= 0.3 is 7.12 Å². The fraction of sp³-hybridized carbons (Fsp3) is 0.200. The quantitative estimate of drug-likeness (QED) is 0.275. The predicted octanol–water partition coefficient (Wildman–Crippen LogP) is 6.80. The molecule has 3 heterocycles. The fourth-order valence-corrected chi connectivity index (χ4v) is 5.45. The lowest BCUT2D eigenvalue weighted by Crippen LogP contribution is -2.41. The van der Waals surface area contributed by atoms with E-state index in [4.69, 9.17) is 9.31 Å². The summed E-state index contributed by atoms with van der Waals surface area (Å²) < 4.78 is 15.3. The van der Waals surface area contributed by atoms with Crippen molar-refractivity contribution in [1.29, 1.82) is 0 Å². The first-order valence-electron chi connectivity index (χ1n) is 12.0. The molecule has 0 bridgehead atoms. The summed E-state index contributed by atoms with van der Waals surface area (Å²) in [5, 5.41) is 5.00. The molecule has 0 amide bonds. The minimum atomic E-state index is -0.394. The molecule has 7 rings (SSSR count). The molecule has 1 aliphatic rings. The van der Waals surface area contributed by atoms with Gasteiger partial charge in [0, 0.05) is 21.5 Å². The molecule has 0 aliphatic carbocycles. The molecule has 0 unspecified atom stereocenters. The Balaban J connectivity index is 1.56. The molecule has 4 aromatic carbocycles. The van der Waals surface area contributed by atoms with Gasteiger partial charge in [-0.1, -0.05) is 66.7 Å². The van der Waals surface area contributed by atoms with E-state index in [9.17, 15) is 0 Å². The highest BCUT2D eigenvalue weighted by atomic mass is 16.7. The summed E-state index contributed by atoms with van der Waals surface area (Å²) in [5.74, 6) is 0. The van der Waals surface area contributed by atoms with E-state index >= 15 is 0 Å². The van der Waals surface area contributed by atoms with Crippen molar-refractivity contribution in [2.75, 3.05) is 0 Å². The Kier molecular flexibility index (Phi) is 3.91. The van der Waals surface area contributed by atoms with Gasteiger partial charge in [-0.25, -0.2) is 0 Å². The van der Waals surface area contributed by atoms with Gasteiger partial charge in [-0.15, -0.1) is 0 Å². The Morgan fingerprint density at radius 2 is 1.21 bits per heavy atom. The zero-order chi connectivity index (χ0) is 23.2. The molecule has 166 valence electrons. The zero-order valence-electron chi connectivity index (χ0n) is 19.9. The first kappa shape index (κ1) is 20.1. The van der Waals surface area contributed by atoms with Crippen molar-refractivity contribution in [1.82, 2.24) is 4.40 Å². The van der Waals surface area contributed by atoms with Gasteiger partial charge < -0.3 is 13.7 Å². The number of aromatic nitrogens is 1. The second kappa shape index (κ2) is 6.62. The smallest absolute Gasteiger partial charge is 0.399 e. The van der Waals surface area contributed by atoms with Crippen LogP contribution in [0.4, 0.5) is 0 Å². The second-order valence-corrected chi connectivity index (χ2v) is 10.5. The molecule has 34 heavy (non-hydrogen) atoms. The largest absolute Gasteiger partial charge is 0.494 e. The van der Waals surface area contributed by atoms with Crippen LogP contribution in [0.15, 0.2) is 84.9 Å². The van der Waals surface area contributed by atoms with Gasteiger partial charge in [0.15, 0.2) is 0 Å². The highest BCUT2D eigenvalue weighted by Gasteiger charge is 2.51. The molecule has 0 radical (unpaired) electrons. The van der Waals surface area contributed by atoms with Crippen LogP contribution in [0, 0.1) is 0 Å². The van der Waals surface area contributed by atoms with Gasteiger partial charge in [0.1, 0.15) is 0 Å². The van der Waals surface area contributed by atoms with Gasteiger partial charge in [-0.05, 0) is 62.5 Å². The van der Waals surface area contributed by atoms with Crippen LogP contribution in [-0.4, -0.2) is 22.7 Å². The molecule has 0 spiro atoms. The van der Waals surface area contributed by atoms with E-state index in [0.29, 0.717) is 0 Å². The Morgan fingerprint density at radius 3 is 1.94 bits per heavy atom. The lowest BCUT2D eigenvalue weighted by Gasteiger charge is -2.32. The molecule has 2 aromatic heterocycles. The van der Waals surface area contributed by atoms with Crippen molar-refractivity contribution in [3.05, 3.63) is 84.9 Å². The SMILES string of the molecule is CC1(C)OB(c2cc3c4ccccc4n4c5ccc(-c6ccccc6)cc5c(c2)c34)OC1(C)C. The van der Waals surface area contributed by atoms with Crippen LogP contribution in [0.3, 0.4) is 0 Å². The van der Waals surface area contributed by atoms with E-state index in [1.807, 2.05) is 0 Å². The van der Waals surface area contributed by atoms with E-state index in [1.165, 1.54) is 49.2 Å². The first-order chi connectivity index (χ1) is 16.3. The monoisotopic (exact) mass is 443 g/mol. The van der Waals surface area contributed by atoms with Crippen molar-refractivity contribution in [2.24, 2.45) is 0 Å². The molecular weight excluding hydrogens is 417 g/mol. The normalized spacial score (nSPS) is 17.6. The van der Waals surface area contributed by atoms with Crippen LogP contribution in [0.5, 0.6) is 0 Å². The Morgan fingerprint density at radius 1 is 0.588 bits per heavy atom. The Bertz CT molecular complexity index is 1700. The van der Waals surface area contributed by atoms with Gasteiger partial charge in [0.2, 0.25) is 0 Å². The molecule has 1 aliphatic heterocycles. The highest BCUT2D eigenvalue weighted by molar-refractivity contribution is 6.63. The molecule has 0 saturated carbocycles. The van der Waals surface area contributed by atoms with Gasteiger partial charge in [-0.3, -0.25) is 0 Å². The maximum atomic E-state index is 6.46. The van der Waals surface area contributed by atoms with E-state index < -0.39 is 7.12 Å². The predicted molar refractivity (Wildman–Crippen MR) is 142 cm³/mol. The van der Waals surface area contributed by atoms with Crippen molar-refractivity contribution in [3.63, 3.8) is 0 Å². The first-order valence-corrected chi connectivity index (χ1v) is 12.0. The van der Waals surface area contributed by atoms with Crippen LogP contribution in [0.25, 0.3) is 49.2 Å². The minimum Gasteiger partial charge on any atom is -0.399 e. The van der Waals surface area contributed by atoms with Crippen molar-refractivity contribution < 1.29 is 9.31 Å². The molecular formula is C30H26BNO2. The Labute approximate surface area is 199 Å². The number of benzene rings is 4. The third-order valence-corrected chi connectivity index (χ3v) is 7.95. The van der Waals surface area contributed by atoms with Crippen molar-refractivity contribution in [3.8, 4) is 11.1 Å². The lowest BCUT2D eigenvalue weighted by molar-refractivity contribution is 0.00578. The summed E-state index contributed by atoms with van der Waals surface area (Å²) in [5.41, 5.74) is 6.50. The third kappa shape index (κ3) is 2.61. The van der Waals surface area contributed by atoms with E-state index in [1.54, 1.807) is 0 Å². The van der Waals surface area contributed by atoms with Gasteiger partial charge in [-0.2, -0.15) is 0 Å². The van der Waals surface area contributed by atoms with E-state index in [0.717, 1.165) is 5.46 Å². The maximum absolute atomic E-state index is 6.46. The minimum absolute atomic E-state index is 0.376. The molecule has 0 atom stereocenters. The van der Waals surface area contributed by atoms with Crippen LogP contribution >= 0.6 is 0 Å². The van der Waals surface area contributed by atoms with Crippen LogP contribution in [0.1, 0.15) is 27.7 Å². The molecule has 3 nitrogen and oxygen atoms in total. The van der Waals surface area contributed by atoms with Gasteiger partial charge in [0.25, 0.3) is 0 Å². The number of hydrogen-bond donors (Lipinski definition) is 0. The summed E-state index contributed by atoms with van der Waals surface area (Å²) in [7, 11) is -0.394. The molecule has 6 aromatic rings. The number of hydrogen-bond acceptors (Lipinski definition) is 2. The van der Waals surface area contributed by atoms with E-state index in [2.05, 4.69) is 117 Å². The molecule has 4 heteroatoms. The zero-order valence-corrected chi connectivity index (χ0v) is 19.9. The van der Waals surface area contributed by atoms with E-state index in [-0.39, 0.29) is 11.2 Å². The molecule has 0 N–H and O–H groups in total. The summed E-state index contributed by atoms with van der Waals surface area (Å²) >= 11 is 0. The number of fused-ring (bicyclic) bond motifs is 6. The average molecular weight is 443 g/mol. The summed E-state index contributed by atoms with van der Waals surface area (Å²) in [6.45, 7) is 8.44. The number of para-hydroxylation sites is 1. The standard InChI is InChI=1S/C30H26BNO2/c1-29(2)30(3,4)34-31(33-29)21-17-24-22-12-8-9-13-26(22)32-27-15-14-20(19-10-6-5-7-11-19)16-23(27)25(18-21)28(24)32/h5-18H,1-4H3. The van der Waals surface area contributed by atoms with Crippen molar-refractivity contribution >= 4 is 50.7 Å². The van der Waals surface area contributed by atoms with Crippen LogP contribution in [0.2, 0.25) is 0 Å². The Hall–Kier alpha value is -3.34. The van der Waals surface area contributed by atoms with Crippen LogP contribution < -0.4 is 5.46 Å². The lowest BCUT2D eigenvalue weighted by atomic mass is 9.77. The summed E-state index contributed by atoms with van der Waals surface area (Å²) in [6.07, 6.45) is 0. The molecule has 1 fully saturated rings.